The predicted molar refractivity (Wildman–Crippen MR) is 79.2 cm³/mol. The van der Waals surface area contributed by atoms with Gasteiger partial charge < -0.3 is 4.74 Å². The summed E-state index contributed by atoms with van der Waals surface area (Å²) in [6.07, 6.45) is 0. The second kappa shape index (κ2) is 6.13. The number of aromatic nitrogens is 1. The minimum Gasteiger partial charge on any atom is -0.472 e. The normalized spacial score (nSPS) is 10.2. The van der Waals surface area contributed by atoms with Gasteiger partial charge in [0.25, 0.3) is 0 Å². The maximum Gasteiger partial charge on any atom is 0.232 e. The third-order valence-electron chi connectivity index (χ3n) is 2.80. The Morgan fingerprint density at radius 2 is 2.00 bits per heavy atom. The molecule has 0 atom stereocenters. The summed E-state index contributed by atoms with van der Waals surface area (Å²) in [7, 11) is 0. The number of nitrogens with zero attached hydrogens (tertiary/aromatic N) is 2. The fraction of sp³-hybridized carbons (Fsp3) is 0.200. The van der Waals surface area contributed by atoms with E-state index in [0.29, 0.717) is 21.5 Å². The van der Waals surface area contributed by atoms with E-state index in [4.69, 9.17) is 33.2 Å². The van der Waals surface area contributed by atoms with Crippen molar-refractivity contribution in [3.05, 3.63) is 56.7 Å². The summed E-state index contributed by atoms with van der Waals surface area (Å²) in [5.74, 6) is 0.330. The molecule has 1 heterocycles. The lowest BCUT2D eigenvalue weighted by Crippen LogP contribution is -2.02. The van der Waals surface area contributed by atoms with Crippen molar-refractivity contribution in [2.75, 3.05) is 0 Å². The van der Waals surface area contributed by atoms with Crippen LogP contribution in [0.4, 0.5) is 0 Å². The molecular formula is C15H12Cl2N2O. The van der Waals surface area contributed by atoms with E-state index in [2.05, 4.69) is 11.1 Å². The fourth-order valence-corrected chi connectivity index (χ4v) is 2.29. The number of pyridine rings is 1. The van der Waals surface area contributed by atoms with Gasteiger partial charge in [-0.05, 0) is 37.6 Å². The summed E-state index contributed by atoms with van der Waals surface area (Å²) in [5.41, 5.74) is 2.89. The maximum absolute atomic E-state index is 9.16. The van der Waals surface area contributed by atoms with Crippen molar-refractivity contribution in [2.24, 2.45) is 0 Å². The van der Waals surface area contributed by atoms with Gasteiger partial charge in [-0.2, -0.15) is 5.26 Å². The molecule has 0 radical (unpaired) electrons. The van der Waals surface area contributed by atoms with Crippen molar-refractivity contribution >= 4 is 23.2 Å². The van der Waals surface area contributed by atoms with Crippen LogP contribution < -0.4 is 4.74 Å². The number of nitriles is 1. The SMILES string of the molecule is Cc1cc(C)c(C#N)c(OCc2ccc(Cl)cc2Cl)n1. The van der Waals surface area contributed by atoms with Crippen LogP contribution in [0.3, 0.4) is 0 Å². The Kier molecular flexibility index (Phi) is 4.49. The topological polar surface area (TPSA) is 45.9 Å². The highest BCUT2D eigenvalue weighted by molar-refractivity contribution is 6.35. The van der Waals surface area contributed by atoms with Gasteiger partial charge in [-0.1, -0.05) is 29.3 Å². The van der Waals surface area contributed by atoms with E-state index in [0.717, 1.165) is 16.8 Å². The first-order valence-electron chi connectivity index (χ1n) is 5.96. The highest BCUT2D eigenvalue weighted by atomic mass is 35.5. The molecular weight excluding hydrogens is 295 g/mol. The van der Waals surface area contributed by atoms with Crippen LogP contribution in [0.5, 0.6) is 5.88 Å². The summed E-state index contributed by atoms with van der Waals surface area (Å²) in [6.45, 7) is 3.95. The van der Waals surface area contributed by atoms with Gasteiger partial charge in [-0.3, -0.25) is 0 Å². The zero-order valence-electron chi connectivity index (χ0n) is 11.1. The number of rotatable bonds is 3. The van der Waals surface area contributed by atoms with E-state index in [-0.39, 0.29) is 6.61 Å². The first-order chi connectivity index (χ1) is 9.51. The largest absolute Gasteiger partial charge is 0.472 e. The molecule has 3 nitrogen and oxygen atoms in total. The molecule has 0 amide bonds. The van der Waals surface area contributed by atoms with Gasteiger partial charge in [-0.25, -0.2) is 4.98 Å². The second-order valence-electron chi connectivity index (χ2n) is 4.40. The molecule has 0 bridgehead atoms. The molecule has 5 heteroatoms. The van der Waals surface area contributed by atoms with Gasteiger partial charge in [0.2, 0.25) is 5.88 Å². The van der Waals surface area contributed by atoms with Crippen LogP contribution in [-0.2, 0) is 6.61 Å². The van der Waals surface area contributed by atoms with E-state index >= 15 is 0 Å². The minimum atomic E-state index is 0.237. The standard InChI is InChI=1S/C15H12Cl2N2O/c1-9-5-10(2)19-15(13(9)7-18)20-8-11-3-4-12(16)6-14(11)17/h3-6H,8H2,1-2H3. The second-order valence-corrected chi connectivity index (χ2v) is 5.24. The van der Waals surface area contributed by atoms with Crippen LogP contribution in [0.2, 0.25) is 10.0 Å². The van der Waals surface area contributed by atoms with Crippen molar-refractivity contribution < 1.29 is 4.74 Å². The molecule has 1 aromatic heterocycles. The average molecular weight is 307 g/mol. The molecule has 0 aliphatic rings. The molecule has 0 spiro atoms. The zero-order valence-corrected chi connectivity index (χ0v) is 12.6. The molecule has 2 aromatic rings. The van der Waals surface area contributed by atoms with Gasteiger partial charge in [0.1, 0.15) is 18.2 Å². The Bertz CT molecular complexity index is 693. The van der Waals surface area contributed by atoms with Crippen LogP contribution in [0, 0.1) is 25.2 Å². The summed E-state index contributed by atoms with van der Waals surface area (Å²) in [5, 5.41) is 10.3. The van der Waals surface area contributed by atoms with Crippen LogP contribution in [0.1, 0.15) is 22.4 Å². The Labute approximate surface area is 127 Å². The van der Waals surface area contributed by atoms with Gasteiger partial charge in [0.05, 0.1) is 0 Å². The molecule has 0 unspecified atom stereocenters. The highest BCUT2D eigenvalue weighted by Gasteiger charge is 2.11. The predicted octanol–water partition coefficient (Wildman–Crippen LogP) is 4.46. The lowest BCUT2D eigenvalue weighted by molar-refractivity contribution is 0.292. The first-order valence-corrected chi connectivity index (χ1v) is 6.72. The number of aryl methyl sites for hydroxylation is 2. The number of halogens is 2. The van der Waals surface area contributed by atoms with Crippen LogP contribution in [0.25, 0.3) is 0 Å². The summed E-state index contributed by atoms with van der Waals surface area (Å²) < 4.78 is 5.64. The van der Waals surface area contributed by atoms with Crippen LogP contribution >= 0.6 is 23.2 Å². The van der Waals surface area contributed by atoms with E-state index < -0.39 is 0 Å². The number of hydrogen-bond donors (Lipinski definition) is 0. The Morgan fingerprint density at radius 3 is 2.65 bits per heavy atom. The lowest BCUT2D eigenvalue weighted by atomic mass is 10.1. The van der Waals surface area contributed by atoms with Crippen molar-refractivity contribution in [2.45, 2.75) is 20.5 Å². The third kappa shape index (κ3) is 3.22. The van der Waals surface area contributed by atoms with Crippen molar-refractivity contribution in [1.29, 1.82) is 5.26 Å². The van der Waals surface area contributed by atoms with Gasteiger partial charge >= 0.3 is 0 Å². The van der Waals surface area contributed by atoms with E-state index in [1.165, 1.54) is 0 Å². The number of benzene rings is 1. The van der Waals surface area contributed by atoms with Crippen LogP contribution in [0.15, 0.2) is 24.3 Å². The molecule has 0 fully saturated rings. The molecule has 0 saturated carbocycles. The Hall–Kier alpha value is -1.76. The van der Waals surface area contributed by atoms with E-state index in [1.54, 1.807) is 18.2 Å². The molecule has 0 aliphatic heterocycles. The van der Waals surface area contributed by atoms with Gasteiger partial charge in [0.15, 0.2) is 0 Å². The average Bonchev–Trinajstić information content (AvgIpc) is 2.37. The Balaban J connectivity index is 2.25. The summed E-state index contributed by atoms with van der Waals surface area (Å²) >= 11 is 11.9. The van der Waals surface area contributed by atoms with Crippen molar-refractivity contribution in [3.8, 4) is 11.9 Å². The highest BCUT2D eigenvalue weighted by Crippen LogP contribution is 2.24. The van der Waals surface area contributed by atoms with Crippen molar-refractivity contribution in [1.82, 2.24) is 4.98 Å². The molecule has 1 aromatic carbocycles. The number of hydrogen-bond acceptors (Lipinski definition) is 3. The van der Waals surface area contributed by atoms with E-state index in [9.17, 15) is 0 Å². The maximum atomic E-state index is 9.16. The monoisotopic (exact) mass is 306 g/mol. The zero-order chi connectivity index (χ0) is 14.7. The lowest BCUT2D eigenvalue weighted by Gasteiger charge is -2.10. The minimum absolute atomic E-state index is 0.237. The summed E-state index contributed by atoms with van der Waals surface area (Å²) in [6, 6.07) is 9.15. The first kappa shape index (κ1) is 14.6. The Morgan fingerprint density at radius 1 is 1.25 bits per heavy atom. The van der Waals surface area contributed by atoms with Gasteiger partial charge in [-0.15, -0.1) is 0 Å². The quantitative estimate of drug-likeness (QED) is 0.841. The third-order valence-corrected chi connectivity index (χ3v) is 3.39. The molecule has 20 heavy (non-hydrogen) atoms. The summed E-state index contributed by atoms with van der Waals surface area (Å²) in [4.78, 5) is 4.25. The molecule has 0 saturated heterocycles. The molecule has 2 rings (SSSR count). The van der Waals surface area contributed by atoms with E-state index in [1.807, 2.05) is 19.9 Å². The molecule has 0 N–H and O–H groups in total. The van der Waals surface area contributed by atoms with Crippen molar-refractivity contribution in [3.63, 3.8) is 0 Å². The smallest absolute Gasteiger partial charge is 0.232 e. The number of ether oxygens (including phenoxy) is 1. The molecule has 102 valence electrons. The van der Waals surface area contributed by atoms with Crippen LogP contribution in [-0.4, -0.2) is 4.98 Å². The van der Waals surface area contributed by atoms with Gasteiger partial charge in [0, 0.05) is 21.3 Å². The molecule has 0 aliphatic carbocycles. The fourth-order valence-electron chi connectivity index (χ4n) is 1.83.